The molecule has 86 heavy (non-hydrogen) atoms. The maximum atomic E-state index is 13.5. The third kappa shape index (κ3) is 27.9. The van der Waals surface area contributed by atoms with Gasteiger partial charge in [0, 0.05) is 6.42 Å². The van der Waals surface area contributed by atoms with E-state index in [1.165, 1.54) is 122 Å². The van der Waals surface area contributed by atoms with Gasteiger partial charge in [-0.1, -0.05) is 193 Å². The van der Waals surface area contributed by atoms with Crippen molar-refractivity contribution in [3.63, 3.8) is 0 Å². The molecule has 0 saturated carbocycles. The number of rotatable bonds is 47. The molecule has 3 fully saturated rings. The van der Waals surface area contributed by atoms with Crippen LogP contribution in [-0.4, -0.2) is 227 Å². The number of amides is 2. The Morgan fingerprint density at radius 1 is 0.640 bits per heavy atom. The zero-order valence-corrected chi connectivity index (χ0v) is 51.9. The smallest absolute Gasteiger partial charge is 0.364 e. The molecule has 24 nitrogen and oxygen atoms in total. The van der Waals surface area contributed by atoms with Gasteiger partial charge in [-0.05, 0) is 32.1 Å². The fourth-order valence-electron chi connectivity index (χ4n) is 11.1. The highest BCUT2D eigenvalue weighted by Gasteiger charge is 2.57. The van der Waals surface area contributed by atoms with Crippen LogP contribution in [0.1, 0.15) is 214 Å². The van der Waals surface area contributed by atoms with Crippen molar-refractivity contribution in [3.8, 4) is 0 Å². The van der Waals surface area contributed by atoms with Crippen molar-refractivity contribution in [3.05, 3.63) is 12.2 Å². The van der Waals surface area contributed by atoms with Crippen molar-refractivity contribution in [2.45, 2.75) is 330 Å². The van der Waals surface area contributed by atoms with Gasteiger partial charge in [-0.2, -0.15) is 0 Å². The van der Waals surface area contributed by atoms with Crippen molar-refractivity contribution in [2.24, 2.45) is 5.92 Å². The second kappa shape index (κ2) is 43.2. The van der Waals surface area contributed by atoms with Gasteiger partial charge in [0.2, 0.25) is 11.8 Å². The number of carbonyl (C=O) groups excluding carboxylic acids is 2. The number of allylic oxidation sites excluding steroid dienone is 1. The van der Waals surface area contributed by atoms with Gasteiger partial charge in [-0.3, -0.25) is 9.59 Å². The highest BCUT2D eigenvalue weighted by Crippen LogP contribution is 2.35. The summed E-state index contributed by atoms with van der Waals surface area (Å²) in [5.74, 6) is -6.03. The van der Waals surface area contributed by atoms with Crippen LogP contribution in [0.5, 0.6) is 0 Å². The number of hydrogen-bond donors (Lipinski definition) is 15. The van der Waals surface area contributed by atoms with Crippen molar-refractivity contribution < 1.29 is 109 Å². The third-order valence-electron chi connectivity index (χ3n) is 16.8. The fourth-order valence-corrected chi connectivity index (χ4v) is 11.1. The van der Waals surface area contributed by atoms with E-state index in [2.05, 4.69) is 31.4 Å². The Hall–Kier alpha value is -2.57. The van der Waals surface area contributed by atoms with Crippen molar-refractivity contribution in [2.75, 3.05) is 26.4 Å². The number of carbonyl (C=O) groups is 3. The number of hydrogen-bond acceptors (Lipinski definition) is 21. The Balaban J connectivity index is 1.62. The summed E-state index contributed by atoms with van der Waals surface area (Å²) in [6, 6.07) is -2.99. The lowest BCUT2D eigenvalue weighted by atomic mass is 9.88. The first-order valence-electron chi connectivity index (χ1n) is 32.5. The summed E-state index contributed by atoms with van der Waals surface area (Å²) in [6.07, 6.45) is 5.29. The van der Waals surface area contributed by atoms with E-state index in [9.17, 15) is 80.8 Å². The van der Waals surface area contributed by atoms with E-state index in [4.69, 9.17) is 28.4 Å². The third-order valence-corrected chi connectivity index (χ3v) is 16.8. The lowest BCUT2D eigenvalue weighted by Crippen LogP contribution is -2.69. The standard InChI is InChI=1S/C62H114N2O22/c1-5-6-7-8-9-10-11-12-13-14-15-16-17-18-21-25-28-31-34-44(67)58(78)63-42(43(66)33-30-27-24-22-19-20-23-26-29-32-40(2)3)37-81-60-56(77)54(75)52(73)47(85-60)38-83-62(61(79)80)35-45(68)49(57(86-62)51(72)46(69)36-65)64-48(70)39-82-59-55(76)53(74)50(71)41(4)84-59/h30,33,40-47,49-57,59-60,65-69,71-77H,5-29,31-32,34-39H2,1-4H3,(H,63,78)(H,64,70)(H,79,80). The number of aliphatic hydroxyl groups excluding tert-OH is 12. The van der Waals surface area contributed by atoms with Crippen LogP contribution in [0, 0.1) is 5.92 Å². The molecule has 0 aliphatic carbocycles. The Kier molecular flexibility index (Phi) is 39.1. The molecule has 19 unspecified atom stereocenters. The van der Waals surface area contributed by atoms with Crippen LogP contribution in [0.15, 0.2) is 12.2 Å². The summed E-state index contributed by atoms with van der Waals surface area (Å²) in [5, 5.41) is 144. The normalized spacial score (nSPS) is 29.8. The summed E-state index contributed by atoms with van der Waals surface area (Å²) in [5.41, 5.74) is 0. The summed E-state index contributed by atoms with van der Waals surface area (Å²) < 4.78 is 33.7. The van der Waals surface area contributed by atoms with Crippen LogP contribution in [-0.2, 0) is 42.8 Å². The minimum atomic E-state index is -2.96. The van der Waals surface area contributed by atoms with E-state index in [0.29, 0.717) is 18.8 Å². The van der Waals surface area contributed by atoms with Gasteiger partial charge in [0.05, 0.1) is 50.2 Å². The molecular formula is C62H114N2O22. The van der Waals surface area contributed by atoms with E-state index >= 15 is 0 Å². The fraction of sp³-hybridized carbons (Fsp3) is 0.919. The molecule has 15 N–H and O–H groups in total. The van der Waals surface area contributed by atoms with Crippen LogP contribution in [0.4, 0.5) is 0 Å². The molecule has 0 radical (unpaired) electrons. The SMILES string of the molecule is CCCCCCCCCCCCCCCCCCCCC(O)C(=O)NC(COC1OC(COC2(C(=O)O)CC(O)C(NC(=O)COC3OC(C)C(O)C(O)C3O)C(C(O)C(O)CO)O2)C(O)C(O)C1O)C(O)C=CCCCCCCCCCC(C)C. The molecule has 0 aromatic rings. The maximum absolute atomic E-state index is 13.5. The largest absolute Gasteiger partial charge is 0.477 e. The number of carboxylic acid groups (broad SMARTS) is 1. The number of ether oxygens (including phenoxy) is 6. The minimum absolute atomic E-state index is 0.170. The first kappa shape index (κ1) is 77.7. The second-order valence-electron chi connectivity index (χ2n) is 24.7. The topological polar surface area (TPSA) is 394 Å². The Bertz CT molecular complexity index is 1840. The predicted octanol–water partition coefficient (Wildman–Crippen LogP) is 3.16. The molecule has 0 bridgehead atoms. The molecule has 3 heterocycles. The van der Waals surface area contributed by atoms with Crippen LogP contribution in [0.2, 0.25) is 0 Å². The van der Waals surface area contributed by atoms with Gasteiger partial charge in [0.1, 0.15) is 73.8 Å². The van der Waals surface area contributed by atoms with Gasteiger partial charge in [0.25, 0.3) is 5.79 Å². The zero-order chi connectivity index (χ0) is 63.6. The van der Waals surface area contributed by atoms with Crippen molar-refractivity contribution in [1.29, 1.82) is 0 Å². The minimum Gasteiger partial charge on any atom is -0.477 e. The average Bonchev–Trinajstić information content (AvgIpc) is 1.30. The van der Waals surface area contributed by atoms with E-state index in [1.54, 1.807) is 6.08 Å². The Labute approximate surface area is 510 Å². The van der Waals surface area contributed by atoms with Gasteiger partial charge in [-0.15, -0.1) is 0 Å². The quantitative estimate of drug-likeness (QED) is 0.0307. The van der Waals surface area contributed by atoms with Crippen LogP contribution >= 0.6 is 0 Å². The average molecular weight is 1240 g/mol. The first-order chi connectivity index (χ1) is 41.1. The highest BCUT2D eigenvalue weighted by atomic mass is 16.7. The molecule has 2 amide bonds. The van der Waals surface area contributed by atoms with E-state index in [1.807, 2.05) is 0 Å². The molecule has 24 heteroatoms. The Morgan fingerprint density at radius 3 is 1.66 bits per heavy atom. The lowest BCUT2D eigenvalue weighted by Gasteiger charge is -2.47. The highest BCUT2D eigenvalue weighted by molar-refractivity contribution is 5.81. The molecule has 3 aliphatic rings. The molecule has 19 atom stereocenters. The van der Waals surface area contributed by atoms with Crippen LogP contribution in [0.3, 0.4) is 0 Å². The molecule has 0 aromatic heterocycles. The van der Waals surface area contributed by atoms with Crippen molar-refractivity contribution >= 4 is 17.8 Å². The van der Waals surface area contributed by atoms with Crippen molar-refractivity contribution in [1.82, 2.24) is 10.6 Å². The van der Waals surface area contributed by atoms with Gasteiger partial charge in [-0.25, -0.2) is 4.79 Å². The lowest BCUT2D eigenvalue weighted by molar-refractivity contribution is -0.339. The summed E-state index contributed by atoms with van der Waals surface area (Å²) in [6.45, 7) is 4.47. The monoisotopic (exact) mass is 1240 g/mol. The number of unbranched alkanes of at least 4 members (excludes halogenated alkanes) is 24. The molecule has 0 aromatic carbocycles. The molecule has 3 rings (SSSR count). The predicted molar refractivity (Wildman–Crippen MR) is 317 cm³/mol. The van der Waals surface area contributed by atoms with E-state index in [-0.39, 0.29) is 6.42 Å². The Morgan fingerprint density at radius 2 is 1.14 bits per heavy atom. The number of aliphatic carboxylic acids is 1. The number of nitrogens with one attached hydrogen (secondary N) is 2. The maximum Gasteiger partial charge on any atom is 0.364 e. The summed E-state index contributed by atoms with van der Waals surface area (Å²) in [7, 11) is 0. The molecule has 0 spiro atoms. The number of carboxylic acids is 1. The second-order valence-corrected chi connectivity index (χ2v) is 24.7. The zero-order valence-electron chi connectivity index (χ0n) is 51.9. The van der Waals surface area contributed by atoms with E-state index in [0.717, 1.165) is 51.4 Å². The van der Waals surface area contributed by atoms with Crippen LogP contribution < -0.4 is 10.6 Å². The summed E-state index contributed by atoms with van der Waals surface area (Å²) >= 11 is 0. The van der Waals surface area contributed by atoms with Crippen LogP contribution in [0.25, 0.3) is 0 Å². The van der Waals surface area contributed by atoms with Gasteiger partial charge < -0.3 is 105 Å². The molecule has 504 valence electrons. The molecule has 3 saturated heterocycles. The number of aliphatic hydroxyl groups is 12. The first-order valence-corrected chi connectivity index (χ1v) is 32.5. The summed E-state index contributed by atoms with van der Waals surface area (Å²) in [4.78, 5) is 39.6. The van der Waals surface area contributed by atoms with Gasteiger partial charge >= 0.3 is 5.97 Å². The molecule has 3 aliphatic heterocycles. The van der Waals surface area contributed by atoms with E-state index < -0.39 is 167 Å². The van der Waals surface area contributed by atoms with Gasteiger partial charge in [0.15, 0.2) is 12.6 Å². The molecular weight excluding hydrogens is 1120 g/mol.